The minimum Gasteiger partial charge on any atom is -0.497 e. The number of amides is 1. The molecule has 7 heteroatoms. The van der Waals surface area contributed by atoms with Gasteiger partial charge in [0.15, 0.2) is 0 Å². The largest absolute Gasteiger partial charge is 0.497 e. The Kier molecular flexibility index (Phi) is 5.39. The molecule has 0 N–H and O–H groups in total. The molecule has 1 aliphatic carbocycles. The lowest BCUT2D eigenvalue weighted by Gasteiger charge is -2.30. The van der Waals surface area contributed by atoms with Crippen LogP contribution in [0, 0.1) is 5.92 Å². The summed E-state index contributed by atoms with van der Waals surface area (Å²) in [6.45, 7) is 2.36. The van der Waals surface area contributed by atoms with Crippen LogP contribution in [0.2, 0.25) is 0 Å². The second-order valence-electron chi connectivity index (χ2n) is 6.79. The molecule has 1 amide bonds. The van der Waals surface area contributed by atoms with Crippen molar-refractivity contribution >= 4 is 5.91 Å². The fraction of sp³-hybridized carbons (Fsp3) is 0.400. The summed E-state index contributed by atoms with van der Waals surface area (Å²) in [5.74, 6) is 0.833. The van der Waals surface area contributed by atoms with Crippen LogP contribution in [0.15, 0.2) is 42.6 Å². The van der Waals surface area contributed by atoms with E-state index in [1.807, 2.05) is 31.2 Å². The van der Waals surface area contributed by atoms with Gasteiger partial charge < -0.3 is 9.64 Å². The van der Waals surface area contributed by atoms with E-state index in [2.05, 4.69) is 4.98 Å². The number of nitrogens with zero attached hydrogens (tertiary/aromatic N) is 2. The summed E-state index contributed by atoms with van der Waals surface area (Å²) in [6.07, 6.45) is -1.41. The summed E-state index contributed by atoms with van der Waals surface area (Å²) in [5, 5.41) is 0. The highest BCUT2D eigenvalue weighted by Crippen LogP contribution is 2.36. The molecule has 1 aliphatic rings. The van der Waals surface area contributed by atoms with E-state index in [9.17, 15) is 18.0 Å². The monoisotopic (exact) mass is 378 g/mol. The molecule has 0 aliphatic heterocycles. The van der Waals surface area contributed by atoms with Crippen LogP contribution in [0.4, 0.5) is 13.2 Å². The molecule has 1 heterocycles. The number of carbonyl (C=O) groups excluding carboxylic acids is 1. The molecule has 0 radical (unpaired) electrons. The van der Waals surface area contributed by atoms with Crippen LogP contribution in [0.3, 0.4) is 0 Å². The molecule has 4 nitrogen and oxygen atoms in total. The van der Waals surface area contributed by atoms with Crippen LogP contribution >= 0.6 is 0 Å². The van der Waals surface area contributed by atoms with Gasteiger partial charge in [-0.15, -0.1) is 0 Å². The Labute approximate surface area is 156 Å². The first-order valence-corrected chi connectivity index (χ1v) is 8.76. The second-order valence-corrected chi connectivity index (χ2v) is 6.79. The quantitative estimate of drug-likeness (QED) is 0.741. The highest BCUT2D eigenvalue weighted by atomic mass is 19.4. The molecule has 144 valence electrons. The number of rotatable bonds is 6. The van der Waals surface area contributed by atoms with Gasteiger partial charge in [-0.3, -0.25) is 9.78 Å². The predicted molar refractivity (Wildman–Crippen MR) is 94.3 cm³/mol. The SMILES string of the molecule is COc1ccc(CN(C(=O)c2ccc(C(F)(F)F)nc2)C(C)C2CC2)cc1. The highest BCUT2D eigenvalue weighted by molar-refractivity contribution is 5.94. The van der Waals surface area contributed by atoms with Crippen LogP contribution in [0.5, 0.6) is 5.75 Å². The van der Waals surface area contributed by atoms with E-state index in [1.165, 1.54) is 6.07 Å². The number of benzene rings is 1. The van der Waals surface area contributed by atoms with Gasteiger partial charge in [0.1, 0.15) is 11.4 Å². The number of pyridine rings is 1. The van der Waals surface area contributed by atoms with Gasteiger partial charge in [-0.25, -0.2) is 0 Å². The summed E-state index contributed by atoms with van der Waals surface area (Å²) < 4.78 is 43.3. The average Bonchev–Trinajstić information content (AvgIpc) is 3.50. The van der Waals surface area contributed by atoms with Crippen molar-refractivity contribution in [3.8, 4) is 5.75 Å². The summed E-state index contributed by atoms with van der Waals surface area (Å²) in [6, 6.07) is 9.44. The average molecular weight is 378 g/mol. The third kappa shape index (κ3) is 4.59. The number of ether oxygens (including phenoxy) is 1. The minimum absolute atomic E-state index is 0.00175. The van der Waals surface area contributed by atoms with Gasteiger partial charge in [0.25, 0.3) is 5.91 Å². The van der Waals surface area contributed by atoms with Gasteiger partial charge in [-0.2, -0.15) is 13.2 Å². The van der Waals surface area contributed by atoms with E-state index < -0.39 is 11.9 Å². The third-order valence-corrected chi connectivity index (χ3v) is 4.87. The molecule has 0 spiro atoms. The Morgan fingerprint density at radius 1 is 1.22 bits per heavy atom. The van der Waals surface area contributed by atoms with Gasteiger partial charge >= 0.3 is 6.18 Å². The molecule has 27 heavy (non-hydrogen) atoms. The molecule has 1 atom stereocenters. The van der Waals surface area contributed by atoms with Crippen molar-refractivity contribution in [1.29, 1.82) is 0 Å². The van der Waals surface area contributed by atoms with Crippen molar-refractivity contribution in [1.82, 2.24) is 9.88 Å². The lowest BCUT2D eigenvalue weighted by atomic mass is 10.1. The van der Waals surface area contributed by atoms with E-state index in [4.69, 9.17) is 4.74 Å². The number of hydrogen-bond donors (Lipinski definition) is 0. The Morgan fingerprint density at radius 2 is 1.89 bits per heavy atom. The predicted octanol–water partition coefficient (Wildman–Crippen LogP) is 4.55. The number of alkyl halides is 3. The number of hydrogen-bond acceptors (Lipinski definition) is 3. The van der Waals surface area contributed by atoms with Gasteiger partial charge in [-0.05, 0) is 55.5 Å². The first kappa shape index (κ1) is 19.2. The Balaban J connectivity index is 1.82. The van der Waals surface area contributed by atoms with Crippen LogP contribution in [-0.2, 0) is 12.7 Å². The number of aromatic nitrogens is 1. The molecule has 1 saturated carbocycles. The second kappa shape index (κ2) is 7.58. The first-order chi connectivity index (χ1) is 12.8. The van der Waals surface area contributed by atoms with E-state index >= 15 is 0 Å². The third-order valence-electron chi connectivity index (χ3n) is 4.87. The molecule has 3 rings (SSSR count). The number of halogens is 3. The molecule has 0 saturated heterocycles. The molecule has 0 bridgehead atoms. The smallest absolute Gasteiger partial charge is 0.433 e. The van der Waals surface area contributed by atoms with Gasteiger partial charge in [0.05, 0.1) is 12.7 Å². The Morgan fingerprint density at radius 3 is 2.37 bits per heavy atom. The molecular formula is C20H21F3N2O2. The Bertz CT molecular complexity index is 784. The zero-order valence-corrected chi connectivity index (χ0v) is 15.2. The minimum atomic E-state index is -4.52. The maximum absolute atomic E-state index is 13.0. The zero-order valence-electron chi connectivity index (χ0n) is 15.2. The van der Waals surface area contributed by atoms with Gasteiger partial charge in [0.2, 0.25) is 0 Å². The maximum atomic E-state index is 13.0. The topological polar surface area (TPSA) is 42.4 Å². The van der Waals surface area contributed by atoms with Gasteiger partial charge in [0, 0.05) is 18.8 Å². The first-order valence-electron chi connectivity index (χ1n) is 8.76. The number of methoxy groups -OCH3 is 1. The molecular weight excluding hydrogens is 357 g/mol. The normalized spacial score (nSPS) is 15.3. The molecule has 1 unspecified atom stereocenters. The van der Waals surface area contributed by atoms with E-state index in [0.717, 1.165) is 36.4 Å². The molecule has 1 aromatic heterocycles. The zero-order chi connectivity index (χ0) is 19.6. The lowest BCUT2D eigenvalue weighted by molar-refractivity contribution is -0.141. The van der Waals surface area contributed by atoms with Crippen molar-refractivity contribution in [3.05, 3.63) is 59.4 Å². The van der Waals surface area contributed by atoms with Crippen molar-refractivity contribution in [2.75, 3.05) is 7.11 Å². The highest BCUT2D eigenvalue weighted by Gasteiger charge is 2.36. The van der Waals surface area contributed by atoms with Crippen LogP contribution in [0.1, 0.15) is 41.4 Å². The summed E-state index contributed by atoms with van der Waals surface area (Å²) in [5.41, 5.74) is 0.0801. The molecule has 2 aromatic rings. The van der Waals surface area contributed by atoms with E-state index in [1.54, 1.807) is 12.0 Å². The van der Waals surface area contributed by atoms with Gasteiger partial charge in [-0.1, -0.05) is 12.1 Å². The van der Waals surface area contributed by atoms with E-state index in [-0.39, 0.29) is 17.5 Å². The van der Waals surface area contributed by atoms with Crippen molar-refractivity contribution in [3.63, 3.8) is 0 Å². The van der Waals surface area contributed by atoms with Crippen LogP contribution in [0.25, 0.3) is 0 Å². The fourth-order valence-electron chi connectivity index (χ4n) is 3.02. The van der Waals surface area contributed by atoms with Crippen LogP contribution < -0.4 is 4.74 Å². The Hall–Kier alpha value is -2.57. The maximum Gasteiger partial charge on any atom is 0.433 e. The van der Waals surface area contributed by atoms with Crippen molar-refractivity contribution in [2.45, 2.75) is 38.5 Å². The molecule has 1 aromatic carbocycles. The van der Waals surface area contributed by atoms with Crippen molar-refractivity contribution in [2.24, 2.45) is 5.92 Å². The fourth-order valence-corrected chi connectivity index (χ4v) is 3.02. The lowest BCUT2D eigenvalue weighted by Crippen LogP contribution is -2.39. The summed E-state index contributed by atoms with van der Waals surface area (Å²) in [7, 11) is 1.58. The summed E-state index contributed by atoms with van der Waals surface area (Å²) in [4.78, 5) is 18.1. The number of carbonyl (C=O) groups is 1. The standard InChI is InChI=1S/C20H21F3N2O2/c1-13(15-5-6-15)25(12-14-3-8-17(27-2)9-4-14)19(26)16-7-10-18(24-11-16)20(21,22)23/h3-4,7-11,13,15H,5-6,12H2,1-2H3. The van der Waals surface area contributed by atoms with E-state index in [0.29, 0.717) is 12.5 Å². The summed E-state index contributed by atoms with van der Waals surface area (Å²) >= 11 is 0. The van der Waals surface area contributed by atoms with Crippen LogP contribution in [-0.4, -0.2) is 28.9 Å². The molecule has 1 fully saturated rings. The van der Waals surface area contributed by atoms with Crippen molar-refractivity contribution < 1.29 is 22.7 Å².